The molecule has 0 saturated carbocycles. The molecule has 8 heteroatoms. The molecule has 3 rings (SSSR count). The number of halogens is 1. The smallest absolute Gasteiger partial charge is 0.337 e. The zero-order valence-electron chi connectivity index (χ0n) is 15.7. The minimum absolute atomic E-state index is 0. The number of anilines is 1. The largest absolute Gasteiger partial charge is 0.481 e. The van der Waals surface area contributed by atoms with Gasteiger partial charge in [0.1, 0.15) is 6.17 Å². The lowest BCUT2D eigenvalue weighted by Crippen LogP contribution is -2.39. The molecule has 3 N–H and O–H groups in total. The van der Waals surface area contributed by atoms with E-state index >= 15 is 0 Å². The lowest BCUT2D eigenvalue weighted by Gasteiger charge is -2.28. The van der Waals surface area contributed by atoms with Gasteiger partial charge in [-0.3, -0.25) is 9.80 Å². The van der Waals surface area contributed by atoms with Crippen molar-refractivity contribution in [3.63, 3.8) is 0 Å². The number of carboxylic acids is 1. The predicted molar refractivity (Wildman–Crippen MR) is 107 cm³/mol. The van der Waals surface area contributed by atoms with Gasteiger partial charge in [0.05, 0.1) is 5.69 Å². The van der Waals surface area contributed by atoms with E-state index in [0.29, 0.717) is 12.3 Å². The van der Waals surface area contributed by atoms with Crippen molar-refractivity contribution in [3.05, 3.63) is 29.8 Å². The summed E-state index contributed by atoms with van der Waals surface area (Å²) >= 11 is 0. The van der Waals surface area contributed by atoms with Gasteiger partial charge in [-0.2, -0.15) is 0 Å². The van der Waals surface area contributed by atoms with E-state index < -0.39 is 5.97 Å². The number of urea groups is 1. The monoisotopic (exact) mass is 396 g/mol. The molecule has 0 aliphatic carbocycles. The van der Waals surface area contributed by atoms with Gasteiger partial charge in [0.15, 0.2) is 0 Å². The molecule has 1 aromatic carbocycles. The average molecular weight is 397 g/mol. The second kappa shape index (κ2) is 9.80. The van der Waals surface area contributed by atoms with Crippen LogP contribution in [0.4, 0.5) is 10.5 Å². The van der Waals surface area contributed by atoms with Crippen molar-refractivity contribution >= 4 is 30.1 Å². The van der Waals surface area contributed by atoms with Crippen LogP contribution in [0.25, 0.3) is 0 Å². The number of carbonyl (C=O) groups is 2. The van der Waals surface area contributed by atoms with Crippen LogP contribution in [-0.4, -0.2) is 47.8 Å². The standard InChI is InChI=1S/C19H28N4O3.ClH/c1-14-22(13-10-16-8-11-20-12-9-16)19(26)21-23(14)17-5-2-15(3-6-17)4-7-18(24)25;/h2-3,5-6,14,16,20H,4,7-13H2,1H3,(H,21,26)(H,24,25);1H. The maximum Gasteiger partial charge on any atom is 0.337 e. The maximum atomic E-state index is 12.4. The van der Waals surface area contributed by atoms with E-state index in [0.717, 1.165) is 37.3 Å². The van der Waals surface area contributed by atoms with Crippen LogP contribution in [0.15, 0.2) is 24.3 Å². The SMILES string of the molecule is CC1N(CCC2CCNCC2)C(=O)NN1c1ccc(CCC(=O)O)cc1.Cl. The van der Waals surface area contributed by atoms with Crippen LogP contribution in [-0.2, 0) is 11.2 Å². The third-order valence-electron chi connectivity index (χ3n) is 5.38. The van der Waals surface area contributed by atoms with Gasteiger partial charge in [-0.1, -0.05) is 12.1 Å². The lowest BCUT2D eigenvalue weighted by atomic mass is 9.94. The summed E-state index contributed by atoms with van der Waals surface area (Å²) < 4.78 is 0. The molecule has 2 aliphatic heterocycles. The second-order valence-electron chi connectivity index (χ2n) is 7.15. The van der Waals surface area contributed by atoms with E-state index in [-0.39, 0.29) is 31.0 Å². The summed E-state index contributed by atoms with van der Waals surface area (Å²) in [5.41, 5.74) is 4.84. The molecule has 2 amide bonds. The number of carbonyl (C=O) groups excluding carboxylic acids is 1. The Hall–Kier alpha value is -1.99. The third-order valence-corrected chi connectivity index (χ3v) is 5.38. The molecule has 2 heterocycles. The first-order valence-corrected chi connectivity index (χ1v) is 9.42. The molecular weight excluding hydrogens is 368 g/mol. The highest BCUT2D eigenvalue weighted by Gasteiger charge is 2.34. The van der Waals surface area contributed by atoms with Crippen molar-refractivity contribution in [1.29, 1.82) is 0 Å². The summed E-state index contributed by atoms with van der Waals surface area (Å²) in [7, 11) is 0. The van der Waals surface area contributed by atoms with Crippen molar-refractivity contribution in [2.45, 2.75) is 45.2 Å². The second-order valence-corrected chi connectivity index (χ2v) is 7.15. The molecule has 0 aromatic heterocycles. The number of benzene rings is 1. The van der Waals surface area contributed by atoms with Gasteiger partial charge in [0.25, 0.3) is 0 Å². The van der Waals surface area contributed by atoms with Crippen molar-refractivity contribution in [2.75, 3.05) is 24.6 Å². The molecule has 0 spiro atoms. The van der Waals surface area contributed by atoms with Crippen LogP contribution in [0.2, 0.25) is 0 Å². The molecule has 1 unspecified atom stereocenters. The topological polar surface area (TPSA) is 84.9 Å². The van der Waals surface area contributed by atoms with Crippen LogP contribution >= 0.6 is 12.4 Å². The van der Waals surface area contributed by atoms with Crippen molar-refractivity contribution < 1.29 is 14.7 Å². The first kappa shape index (κ1) is 21.3. The number of piperidine rings is 1. The van der Waals surface area contributed by atoms with Gasteiger partial charge in [-0.15, -0.1) is 12.4 Å². The average Bonchev–Trinajstić information content (AvgIpc) is 2.93. The zero-order chi connectivity index (χ0) is 18.5. The van der Waals surface area contributed by atoms with Crippen LogP contribution in [0.1, 0.15) is 38.2 Å². The van der Waals surface area contributed by atoms with Gasteiger partial charge in [0.2, 0.25) is 0 Å². The minimum Gasteiger partial charge on any atom is -0.481 e. The van der Waals surface area contributed by atoms with Crippen LogP contribution < -0.4 is 15.8 Å². The summed E-state index contributed by atoms with van der Waals surface area (Å²) in [6.45, 7) is 4.95. The highest BCUT2D eigenvalue weighted by Crippen LogP contribution is 2.24. The number of nitrogens with one attached hydrogen (secondary N) is 2. The molecule has 2 saturated heterocycles. The first-order valence-electron chi connectivity index (χ1n) is 9.42. The Morgan fingerprint density at radius 3 is 2.52 bits per heavy atom. The molecule has 1 aromatic rings. The molecular formula is C19H29ClN4O3. The Balaban J connectivity index is 0.00000261. The Morgan fingerprint density at radius 1 is 1.22 bits per heavy atom. The number of hydrazine groups is 1. The Morgan fingerprint density at radius 2 is 1.89 bits per heavy atom. The number of hydrogen-bond acceptors (Lipinski definition) is 4. The predicted octanol–water partition coefficient (Wildman–Crippen LogP) is 2.61. The summed E-state index contributed by atoms with van der Waals surface area (Å²) in [5, 5.41) is 14.0. The molecule has 0 bridgehead atoms. The number of aliphatic carboxylic acids is 1. The molecule has 7 nitrogen and oxygen atoms in total. The van der Waals surface area contributed by atoms with Crippen molar-refractivity contribution in [3.8, 4) is 0 Å². The van der Waals surface area contributed by atoms with E-state index in [1.165, 1.54) is 12.8 Å². The van der Waals surface area contributed by atoms with E-state index in [1.54, 1.807) is 0 Å². The van der Waals surface area contributed by atoms with Crippen LogP contribution in [0, 0.1) is 5.92 Å². The number of aryl methyl sites for hydroxylation is 1. The fraction of sp³-hybridized carbons (Fsp3) is 0.579. The van der Waals surface area contributed by atoms with E-state index in [9.17, 15) is 9.59 Å². The van der Waals surface area contributed by atoms with Gasteiger partial charge in [-0.05, 0) is 69.3 Å². The summed E-state index contributed by atoms with van der Waals surface area (Å²) in [6.07, 6.45) is 4.01. The van der Waals surface area contributed by atoms with E-state index in [4.69, 9.17) is 5.11 Å². The number of amides is 2. The fourth-order valence-corrected chi connectivity index (χ4v) is 3.70. The van der Waals surface area contributed by atoms with E-state index in [1.807, 2.05) is 41.1 Å². The Kier molecular flexibility index (Phi) is 7.74. The summed E-state index contributed by atoms with van der Waals surface area (Å²) in [5.74, 6) is -0.0993. The van der Waals surface area contributed by atoms with Gasteiger partial charge < -0.3 is 15.3 Å². The van der Waals surface area contributed by atoms with Crippen LogP contribution in [0.5, 0.6) is 0 Å². The number of carboxylic acid groups (broad SMARTS) is 1. The van der Waals surface area contributed by atoms with Gasteiger partial charge in [0, 0.05) is 13.0 Å². The van der Waals surface area contributed by atoms with E-state index in [2.05, 4.69) is 10.7 Å². The Labute approximate surface area is 166 Å². The summed E-state index contributed by atoms with van der Waals surface area (Å²) in [4.78, 5) is 24.9. The number of hydrogen-bond donors (Lipinski definition) is 3. The number of nitrogens with zero attached hydrogens (tertiary/aromatic N) is 2. The molecule has 27 heavy (non-hydrogen) atoms. The zero-order valence-corrected chi connectivity index (χ0v) is 16.5. The fourth-order valence-electron chi connectivity index (χ4n) is 3.70. The van der Waals surface area contributed by atoms with Crippen LogP contribution in [0.3, 0.4) is 0 Å². The minimum atomic E-state index is -0.793. The lowest BCUT2D eigenvalue weighted by molar-refractivity contribution is -0.136. The molecule has 2 aliphatic rings. The molecule has 1 atom stereocenters. The summed E-state index contributed by atoms with van der Waals surface area (Å²) in [6, 6.07) is 7.67. The molecule has 150 valence electrons. The highest BCUT2D eigenvalue weighted by atomic mass is 35.5. The van der Waals surface area contributed by atoms with Gasteiger partial charge in [-0.25, -0.2) is 10.2 Å². The maximum absolute atomic E-state index is 12.4. The molecule has 0 radical (unpaired) electrons. The Bertz CT molecular complexity index is 634. The van der Waals surface area contributed by atoms with Gasteiger partial charge >= 0.3 is 12.0 Å². The quantitative estimate of drug-likeness (QED) is 0.659. The first-order chi connectivity index (χ1) is 12.5. The highest BCUT2D eigenvalue weighted by molar-refractivity contribution is 5.85. The normalized spacial score (nSPS) is 20.3. The van der Waals surface area contributed by atoms with Crippen molar-refractivity contribution in [1.82, 2.24) is 15.6 Å². The number of rotatable bonds is 7. The van der Waals surface area contributed by atoms with Crippen molar-refractivity contribution in [2.24, 2.45) is 5.92 Å². The molecule has 2 fully saturated rings. The third kappa shape index (κ3) is 5.49.